The molecule has 1 aromatic rings. The topological polar surface area (TPSA) is 65.1 Å². The fourth-order valence-corrected chi connectivity index (χ4v) is 3.44. The highest BCUT2D eigenvalue weighted by Gasteiger charge is 2.37. The number of hydrogen-bond acceptors (Lipinski definition) is 6. The van der Waals surface area contributed by atoms with Gasteiger partial charge < -0.3 is 14.2 Å². The number of amides is 2. The van der Waals surface area contributed by atoms with Crippen LogP contribution in [-0.2, 0) is 4.79 Å². The Bertz CT molecular complexity index is 715. The van der Waals surface area contributed by atoms with Gasteiger partial charge in [-0.05, 0) is 44.2 Å². The summed E-state index contributed by atoms with van der Waals surface area (Å²) in [5.41, 5.74) is 0.691. The van der Waals surface area contributed by atoms with Gasteiger partial charge in [0.1, 0.15) is 5.75 Å². The number of ether oxygens (including phenoxy) is 3. The molecule has 0 saturated carbocycles. The van der Waals surface area contributed by atoms with Crippen LogP contribution in [0, 0.1) is 0 Å². The summed E-state index contributed by atoms with van der Waals surface area (Å²) in [6.45, 7) is 6.34. The van der Waals surface area contributed by atoms with E-state index in [1.54, 1.807) is 18.2 Å². The molecule has 7 heteroatoms. The van der Waals surface area contributed by atoms with Crippen molar-refractivity contribution in [3.05, 3.63) is 22.6 Å². The molecule has 2 aliphatic heterocycles. The molecule has 128 valence electrons. The second-order valence-corrected chi connectivity index (χ2v) is 6.48. The zero-order valence-electron chi connectivity index (χ0n) is 13.8. The van der Waals surface area contributed by atoms with Crippen molar-refractivity contribution in [3.8, 4) is 17.2 Å². The van der Waals surface area contributed by atoms with E-state index in [1.807, 2.05) is 20.8 Å². The number of carbonyl (C=O) groups excluding carboxylic acids is 2. The van der Waals surface area contributed by atoms with E-state index in [9.17, 15) is 9.59 Å². The Hall–Kier alpha value is -2.15. The Labute approximate surface area is 144 Å². The van der Waals surface area contributed by atoms with Gasteiger partial charge in [-0.2, -0.15) is 0 Å². The molecule has 1 aromatic carbocycles. The Balaban J connectivity index is 1.96. The summed E-state index contributed by atoms with van der Waals surface area (Å²) in [5, 5.41) is -0.237. The molecule has 6 nitrogen and oxygen atoms in total. The van der Waals surface area contributed by atoms with Crippen LogP contribution in [0.15, 0.2) is 17.0 Å². The highest BCUT2D eigenvalue weighted by molar-refractivity contribution is 8.18. The number of rotatable bonds is 5. The van der Waals surface area contributed by atoms with Crippen LogP contribution in [0.4, 0.5) is 4.79 Å². The first-order valence-corrected chi connectivity index (χ1v) is 8.70. The normalized spacial score (nSPS) is 19.3. The van der Waals surface area contributed by atoms with Gasteiger partial charge in [0.25, 0.3) is 11.1 Å². The molecule has 2 amide bonds. The Morgan fingerprint density at radius 2 is 2.00 bits per heavy atom. The van der Waals surface area contributed by atoms with E-state index in [1.165, 1.54) is 4.90 Å². The van der Waals surface area contributed by atoms with Crippen molar-refractivity contribution in [1.29, 1.82) is 0 Å². The van der Waals surface area contributed by atoms with E-state index in [0.717, 1.165) is 18.2 Å². The van der Waals surface area contributed by atoms with E-state index in [0.29, 0.717) is 34.3 Å². The lowest BCUT2D eigenvalue weighted by Gasteiger charge is -2.19. The minimum absolute atomic E-state index is 0.119. The largest absolute Gasteiger partial charge is 0.493 e. The third-order valence-electron chi connectivity index (χ3n) is 3.95. The molecule has 0 aromatic heterocycles. The third kappa shape index (κ3) is 2.96. The predicted octanol–water partition coefficient (Wildman–Crippen LogP) is 3.65. The average molecular weight is 349 g/mol. The maximum atomic E-state index is 12.5. The second kappa shape index (κ2) is 6.76. The monoisotopic (exact) mass is 349 g/mol. The van der Waals surface area contributed by atoms with Crippen molar-refractivity contribution >= 4 is 29.0 Å². The Morgan fingerprint density at radius 1 is 1.29 bits per heavy atom. The summed E-state index contributed by atoms with van der Waals surface area (Å²) in [4.78, 5) is 26.4. The summed E-state index contributed by atoms with van der Waals surface area (Å²) < 4.78 is 16.4. The minimum atomic E-state index is -0.264. The van der Waals surface area contributed by atoms with Crippen LogP contribution in [0.1, 0.15) is 32.8 Å². The van der Waals surface area contributed by atoms with Gasteiger partial charge >= 0.3 is 0 Å². The zero-order valence-corrected chi connectivity index (χ0v) is 14.6. The van der Waals surface area contributed by atoms with Crippen LogP contribution < -0.4 is 14.2 Å². The van der Waals surface area contributed by atoms with Gasteiger partial charge in [-0.15, -0.1) is 0 Å². The summed E-state index contributed by atoms with van der Waals surface area (Å²) in [7, 11) is 0. The molecule has 1 atom stereocenters. The lowest BCUT2D eigenvalue weighted by atomic mass is 10.1. The van der Waals surface area contributed by atoms with Crippen LogP contribution in [0.3, 0.4) is 0 Å². The van der Waals surface area contributed by atoms with Crippen LogP contribution >= 0.6 is 11.8 Å². The van der Waals surface area contributed by atoms with E-state index in [2.05, 4.69) is 0 Å². The molecule has 0 spiro atoms. The highest BCUT2D eigenvalue weighted by Crippen LogP contribution is 2.41. The number of benzene rings is 1. The molecule has 24 heavy (non-hydrogen) atoms. The van der Waals surface area contributed by atoms with Crippen molar-refractivity contribution in [3.63, 3.8) is 0 Å². The van der Waals surface area contributed by atoms with E-state index < -0.39 is 0 Å². The summed E-state index contributed by atoms with van der Waals surface area (Å²) in [5.74, 6) is 1.55. The van der Waals surface area contributed by atoms with Crippen molar-refractivity contribution in [2.75, 3.05) is 13.4 Å². The molecular formula is C17H19NO5S. The molecule has 0 unspecified atom stereocenters. The van der Waals surface area contributed by atoms with Crippen molar-refractivity contribution in [2.45, 2.75) is 33.2 Å². The summed E-state index contributed by atoms with van der Waals surface area (Å²) in [6, 6.07) is 3.40. The van der Waals surface area contributed by atoms with Gasteiger partial charge in [0.05, 0.1) is 11.5 Å². The summed E-state index contributed by atoms with van der Waals surface area (Å²) in [6.07, 6.45) is 2.40. The fraction of sp³-hybridized carbons (Fsp3) is 0.412. The lowest BCUT2D eigenvalue weighted by Crippen LogP contribution is -2.36. The highest BCUT2D eigenvalue weighted by atomic mass is 32.2. The molecule has 1 saturated heterocycles. The maximum Gasteiger partial charge on any atom is 0.293 e. The molecule has 0 N–H and O–H groups in total. The molecule has 2 heterocycles. The zero-order chi connectivity index (χ0) is 17.3. The molecule has 0 bridgehead atoms. The summed E-state index contributed by atoms with van der Waals surface area (Å²) >= 11 is 0.951. The van der Waals surface area contributed by atoms with Gasteiger partial charge in [0, 0.05) is 17.7 Å². The first kappa shape index (κ1) is 16.7. The predicted molar refractivity (Wildman–Crippen MR) is 91.3 cm³/mol. The number of fused-ring (bicyclic) bond motifs is 1. The number of thioether (sulfide) groups is 1. The van der Waals surface area contributed by atoms with Crippen molar-refractivity contribution < 1.29 is 23.8 Å². The van der Waals surface area contributed by atoms with Crippen LogP contribution in [0.2, 0.25) is 0 Å². The number of imide groups is 1. The van der Waals surface area contributed by atoms with Crippen LogP contribution in [0.5, 0.6) is 17.2 Å². The van der Waals surface area contributed by atoms with Gasteiger partial charge in [0.15, 0.2) is 11.5 Å². The Kier molecular flexibility index (Phi) is 4.71. The van der Waals surface area contributed by atoms with Crippen LogP contribution in [-0.4, -0.2) is 35.5 Å². The van der Waals surface area contributed by atoms with E-state index in [4.69, 9.17) is 14.2 Å². The smallest absolute Gasteiger partial charge is 0.293 e. The maximum absolute atomic E-state index is 12.5. The van der Waals surface area contributed by atoms with Crippen LogP contribution in [0.25, 0.3) is 6.08 Å². The van der Waals surface area contributed by atoms with Crippen molar-refractivity contribution in [1.82, 2.24) is 4.90 Å². The van der Waals surface area contributed by atoms with Crippen molar-refractivity contribution in [2.24, 2.45) is 0 Å². The standard InChI is InChI=1S/C17H19NO5S/c1-4-10(3)18-16(19)15(24-17(18)20)7-11-6-13-14(23-9-22-13)8-12(11)21-5-2/h6-8,10H,4-5,9H2,1-3H3/b15-7-/t10-/m1/s1. The lowest BCUT2D eigenvalue weighted by molar-refractivity contribution is -0.124. The molecule has 1 fully saturated rings. The first-order valence-electron chi connectivity index (χ1n) is 7.88. The number of carbonyl (C=O) groups is 2. The quantitative estimate of drug-likeness (QED) is 0.756. The average Bonchev–Trinajstić information content (AvgIpc) is 3.11. The second-order valence-electron chi connectivity index (χ2n) is 5.49. The van der Waals surface area contributed by atoms with E-state index >= 15 is 0 Å². The van der Waals surface area contributed by atoms with Gasteiger partial charge in [0.2, 0.25) is 6.79 Å². The molecule has 2 aliphatic rings. The number of nitrogens with zero attached hydrogens (tertiary/aromatic N) is 1. The Morgan fingerprint density at radius 3 is 2.67 bits per heavy atom. The molecular weight excluding hydrogens is 330 g/mol. The SMILES string of the molecule is CCOc1cc2c(cc1/C=C1\SC(=O)N([C@H](C)CC)C1=O)OCO2. The van der Waals surface area contributed by atoms with Gasteiger partial charge in [-0.25, -0.2) is 0 Å². The molecule has 0 aliphatic carbocycles. The minimum Gasteiger partial charge on any atom is -0.493 e. The van der Waals surface area contributed by atoms with Gasteiger partial charge in [-0.3, -0.25) is 14.5 Å². The fourth-order valence-electron chi connectivity index (χ4n) is 2.52. The third-order valence-corrected chi connectivity index (χ3v) is 4.83. The first-order chi connectivity index (χ1) is 11.5. The molecule has 3 rings (SSSR count). The van der Waals surface area contributed by atoms with E-state index in [-0.39, 0.29) is 24.0 Å². The molecule has 0 radical (unpaired) electrons. The number of hydrogen-bond donors (Lipinski definition) is 0. The van der Waals surface area contributed by atoms with Gasteiger partial charge in [-0.1, -0.05) is 6.92 Å².